The summed E-state index contributed by atoms with van der Waals surface area (Å²) in [6.45, 7) is 0.571. The first-order chi connectivity index (χ1) is 13.3. The molecule has 3 aromatic rings. The van der Waals surface area contributed by atoms with Crippen molar-refractivity contribution in [3.05, 3.63) is 95.6 Å². The summed E-state index contributed by atoms with van der Waals surface area (Å²) in [5, 5.41) is 9.90. The van der Waals surface area contributed by atoms with E-state index in [0.717, 1.165) is 17.7 Å². The van der Waals surface area contributed by atoms with Crippen LogP contribution in [0.2, 0.25) is 0 Å². The number of hydrogen-bond donors (Lipinski definition) is 1. The molecule has 0 aromatic heterocycles. The minimum absolute atomic E-state index is 0.109. The van der Waals surface area contributed by atoms with Crippen LogP contribution in [0.15, 0.2) is 88.8 Å². The largest absolute Gasteiger partial charge is 0.507 e. The highest BCUT2D eigenvalue weighted by Crippen LogP contribution is 2.24. The zero-order valence-electron chi connectivity index (χ0n) is 14.8. The zero-order chi connectivity index (χ0) is 18.5. The second-order valence-electron chi connectivity index (χ2n) is 6.42. The standard InChI is InChI=1S/C23H20N2O2/c26-22-13-7-4-10-18(22)15-24-21-12-6-5-11-20(21)23-25-19(16-27-23)14-17-8-2-1-3-9-17/h1-13,15,19,26H,14,16H2/t19-/m0/s1. The topological polar surface area (TPSA) is 54.2 Å². The number of aromatic hydroxyl groups is 1. The van der Waals surface area contributed by atoms with Crippen LogP contribution in [0.25, 0.3) is 0 Å². The van der Waals surface area contributed by atoms with Gasteiger partial charge in [0, 0.05) is 11.8 Å². The zero-order valence-corrected chi connectivity index (χ0v) is 14.8. The Morgan fingerprint density at radius 2 is 1.70 bits per heavy atom. The van der Waals surface area contributed by atoms with Crippen molar-refractivity contribution in [3.63, 3.8) is 0 Å². The predicted molar refractivity (Wildman–Crippen MR) is 108 cm³/mol. The molecule has 0 fully saturated rings. The molecule has 3 aromatic carbocycles. The minimum atomic E-state index is 0.109. The number of rotatable bonds is 5. The Labute approximate surface area is 158 Å². The van der Waals surface area contributed by atoms with E-state index in [1.165, 1.54) is 5.56 Å². The molecule has 0 spiro atoms. The maximum atomic E-state index is 9.90. The molecular formula is C23H20N2O2. The van der Waals surface area contributed by atoms with Gasteiger partial charge in [-0.05, 0) is 36.2 Å². The lowest BCUT2D eigenvalue weighted by Gasteiger charge is -2.05. The summed E-state index contributed by atoms with van der Waals surface area (Å²) in [7, 11) is 0. The molecule has 4 nitrogen and oxygen atoms in total. The van der Waals surface area contributed by atoms with Gasteiger partial charge in [-0.3, -0.25) is 4.99 Å². The highest BCUT2D eigenvalue weighted by atomic mass is 16.5. The number of nitrogens with zero attached hydrogens (tertiary/aromatic N) is 2. The third-order valence-electron chi connectivity index (χ3n) is 4.44. The number of benzene rings is 3. The lowest BCUT2D eigenvalue weighted by molar-refractivity contribution is 0.317. The number of phenols is 1. The highest BCUT2D eigenvalue weighted by Gasteiger charge is 2.22. The molecule has 0 bridgehead atoms. The molecule has 0 saturated carbocycles. The Kier molecular flexibility index (Phi) is 4.97. The summed E-state index contributed by atoms with van der Waals surface area (Å²) in [5.74, 6) is 0.831. The fourth-order valence-corrected chi connectivity index (χ4v) is 3.06. The summed E-state index contributed by atoms with van der Waals surface area (Å²) in [6.07, 6.45) is 2.51. The molecule has 1 aliphatic heterocycles. The SMILES string of the molecule is Oc1ccccc1C=Nc1ccccc1C1=N[C@@H](Cc2ccccc2)CO1. The highest BCUT2D eigenvalue weighted by molar-refractivity contribution is 6.00. The Morgan fingerprint density at radius 1 is 0.963 bits per heavy atom. The van der Waals surface area contributed by atoms with Gasteiger partial charge in [0.15, 0.2) is 0 Å². The van der Waals surface area contributed by atoms with E-state index < -0.39 is 0 Å². The third kappa shape index (κ3) is 4.06. The van der Waals surface area contributed by atoms with E-state index in [4.69, 9.17) is 9.73 Å². The molecule has 0 unspecified atom stereocenters. The summed E-state index contributed by atoms with van der Waals surface area (Å²) in [6, 6.07) is 25.3. The average molecular weight is 356 g/mol. The van der Waals surface area contributed by atoms with Crippen LogP contribution in [-0.4, -0.2) is 29.9 Å². The first kappa shape index (κ1) is 17.0. The van der Waals surface area contributed by atoms with Gasteiger partial charge in [0.1, 0.15) is 12.4 Å². The van der Waals surface area contributed by atoms with Crippen molar-refractivity contribution in [2.75, 3.05) is 6.61 Å². The van der Waals surface area contributed by atoms with E-state index in [-0.39, 0.29) is 11.8 Å². The first-order valence-electron chi connectivity index (χ1n) is 8.95. The molecule has 4 heteroatoms. The molecule has 1 N–H and O–H groups in total. The lowest BCUT2D eigenvalue weighted by atomic mass is 10.1. The van der Waals surface area contributed by atoms with Crippen LogP contribution in [0.1, 0.15) is 16.7 Å². The van der Waals surface area contributed by atoms with E-state index >= 15 is 0 Å². The van der Waals surface area contributed by atoms with E-state index in [0.29, 0.717) is 18.1 Å². The third-order valence-corrected chi connectivity index (χ3v) is 4.44. The van der Waals surface area contributed by atoms with Gasteiger partial charge in [-0.2, -0.15) is 0 Å². The van der Waals surface area contributed by atoms with Crippen molar-refractivity contribution in [2.45, 2.75) is 12.5 Å². The van der Waals surface area contributed by atoms with Crippen LogP contribution < -0.4 is 0 Å². The molecule has 134 valence electrons. The van der Waals surface area contributed by atoms with E-state index in [9.17, 15) is 5.11 Å². The molecule has 0 amide bonds. The Balaban J connectivity index is 1.56. The van der Waals surface area contributed by atoms with E-state index in [2.05, 4.69) is 17.1 Å². The van der Waals surface area contributed by atoms with Gasteiger partial charge >= 0.3 is 0 Å². The van der Waals surface area contributed by atoms with Crippen molar-refractivity contribution < 1.29 is 9.84 Å². The monoisotopic (exact) mass is 356 g/mol. The lowest BCUT2D eigenvalue weighted by Crippen LogP contribution is -2.09. The molecule has 0 aliphatic carbocycles. The predicted octanol–water partition coefficient (Wildman–Crippen LogP) is 4.53. The van der Waals surface area contributed by atoms with Gasteiger partial charge in [0.25, 0.3) is 0 Å². The Bertz CT molecular complexity index is 980. The van der Waals surface area contributed by atoms with Crippen molar-refractivity contribution in [3.8, 4) is 5.75 Å². The average Bonchev–Trinajstić information content (AvgIpc) is 3.17. The van der Waals surface area contributed by atoms with Crippen molar-refractivity contribution in [1.82, 2.24) is 0 Å². The molecule has 0 radical (unpaired) electrons. The second kappa shape index (κ2) is 7.87. The number of hydrogen-bond acceptors (Lipinski definition) is 4. The van der Waals surface area contributed by atoms with Gasteiger partial charge < -0.3 is 9.84 Å². The van der Waals surface area contributed by atoms with Crippen LogP contribution in [0.5, 0.6) is 5.75 Å². The number of para-hydroxylation sites is 2. The summed E-state index contributed by atoms with van der Waals surface area (Å²) in [5.41, 5.74) is 3.55. The Morgan fingerprint density at radius 3 is 2.56 bits per heavy atom. The van der Waals surface area contributed by atoms with Crippen LogP contribution in [0.4, 0.5) is 5.69 Å². The summed E-state index contributed by atoms with van der Waals surface area (Å²) in [4.78, 5) is 9.30. The molecule has 1 aliphatic rings. The van der Waals surface area contributed by atoms with Gasteiger partial charge in [-0.25, -0.2) is 4.99 Å². The van der Waals surface area contributed by atoms with E-state index in [1.807, 2.05) is 54.6 Å². The second-order valence-corrected chi connectivity index (χ2v) is 6.42. The van der Waals surface area contributed by atoms with Crippen molar-refractivity contribution in [2.24, 2.45) is 9.98 Å². The van der Waals surface area contributed by atoms with Crippen LogP contribution in [0.3, 0.4) is 0 Å². The van der Waals surface area contributed by atoms with Crippen molar-refractivity contribution >= 4 is 17.8 Å². The number of phenolic OH excluding ortho intramolecular Hbond substituents is 1. The van der Waals surface area contributed by atoms with Crippen LogP contribution >= 0.6 is 0 Å². The maximum absolute atomic E-state index is 9.90. The number of aliphatic imine (C=N–C) groups is 2. The normalized spacial score (nSPS) is 16.3. The fourth-order valence-electron chi connectivity index (χ4n) is 3.06. The van der Waals surface area contributed by atoms with Crippen LogP contribution in [0, 0.1) is 0 Å². The smallest absolute Gasteiger partial charge is 0.218 e. The molecule has 1 heterocycles. The fraction of sp³-hybridized carbons (Fsp3) is 0.130. The molecule has 27 heavy (non-hydrogen) atoms. The maximum Gasteiger partial charge on any atom is 0.218 e. The van der Waals surface area contributed by atoms with E-state index in [1.54, 1.807) is 18.3 Å². The molecule has 1 atom stereocenters. The van der Waals surface area contributed by atoms with Crippen LogP contribution in [-0.2, 0) is 11.2 Å². The van der Waals surface area contributed by atoms with Gasteiger partial charge in [0.05, 0.1) is 17.3 Å². The minimum Gasteiger partial charge on any atom is -0.507 e. The molecule has 0 saturated heterocycles. The van der Waals surface area contributed by atoms with Crippen molar-refractivity contribution in [1.29, 1.82) is 0 Å². The van der Waals surface area contributed by atoms with Gasteiger partial charge in [-0.15, -0.1) is 0 Å². The number of ether oxygens (including phenoxy) is 1. The molecular weight excluding hydrogens is 336 g/mol. The quantitative estimate of drug-likeness (QED) is 0.683. The summed E-state index contributed by atoms with van der Waals surface area (Å²) >= 11 is 0. The van der Waals surface area contributed by atoms with Gasteiger partial charge in [-0.1, -0.05) is 54.6 Å². The molecule has 4 rings (SSSR count). The first-order valence-corrected chi connectivity index (χ1v) is 8.95. The summed E-state index contributed by atoms with van der Waals surface area (Å²) < 4.78 is 5.87. The van der Waals surface area contributed by atoms with Gasteiger partial charge in [0.2, 0.25) is 5.90 Å². The Hall–Kier alpha value is -3.40.